The maximum Gasteiger partial charge on any atom is 0.285 e. The molecule has 1 aromatic rings. The molecule has 0 radical (unpaired) electrons. The van der Waals surface area contributed by atoms with Gasteiger partial charge in [-0.05, 0) is 38.0 Å². The number of ether oxygens (including phenoxy) is 1. The number of halogens is 1. The smallest absolute Gasteiger partial charge is 0.285 e. The molecule has 2 aliphatic rings. The van der Waals surface area contributed by atoms with Crippen molar-refractivity contribution in [2.24, 2.45) is 5.92 Å². The summed E-state index contributed by atoms with van der Waals surface area (Å²) in [6, 6.07) is 1.41. The minimum absolute atomic E-state index is 0.114. The van der Waals surface area contributed by atoms with Gasteiger partial charge < -0.3 is 4.74 Å². The Kier molecular flexibility index (Phi) is 5.21. The Balaban J connectivity index is 1.66. The number of hydrogen-bond donors (Lipinski definition) is 1. The summed E-state index contributed by atoms with van der Waals surface area (Å²) >= 11 is 0. The first-order chi connectivity index (χ1) is 11.9. The molecule has 2 fully saturated rings. The second-order valence-electron chi connectivity index (χ2n) is 6.80. The number of nitrogens with one attached hydrogen (secondary N) is 1. The summed E-state index contributed by atoms with van der Waals surface area (Å²) < 4.78 is 45.0. The van der Waals surface area contributed by atoms with Crippen LogP contribution in [0.2, 0.25) is 0 Å². The van der Waals surface area contributed by atoms with Crippen LogP contribution in [0.25, 0.3) is 0 Å². The van der Waals surface area contributed by atoms with Crippen molar-refractivity contribution in [1.82, 2.24) is 14.9 Å². The third kappa shape index (κ3) is 4.65. The Morgan fingerprint density at radius 2 is 2.08 bits per heavy atom. The number of aromatic nitrogens is 2. The molecule has 2 saturated carbocycles. The first-order valence-electron chi connectivity index (χ1n) is 8.48. The Hall–Kier alpha value is -1.77. The molecular weight excluding hydrogens is 349 g/mol. The SMILES string of the molecule is COc1cc(C(=O)NS(=O)(=O)CC2CCCC(F)C2)nnc1C1CC1. The van der Waals surface area contributed by atoms with Gasteiger partial charge in [-0.2, -0.15) is 5.10 Å². The first-order valence-corrected chi connectivity index (χ1v) is 10.1. The van der Waals surface area contributed by atoms with E-state index in [1.807, 2.05) is 4.72 Å². The monoisotopic (exact) mass is 371 g/mol. The Morgan fingerprint density at radius 3 is 2.72 bits per heavy atom. The van der Waals surface area contributed by atoms with Gasteiger partial charge >= 0.3 is 0 Å². The zero-order valence-electron chi connectivity index (χ0n) is 14.1. The van der Waals surface area contributed by atoms with Gasteiger partial charge in [0, 0.05) is 12.0 Å². The summed E-state index contributed by atoms with van der Waals surface area (Å²) in [6.07, 6.45) is 3.06. The lowest BCUT2D eigenvalue weighted by Gasteiger charge is -2.24. The van der Waals surface area contributed by atoms with Crippen LogP contribution in [-0.4, -0.2) is 43.6 Å². The topological polar surface area (TPSA) is 98.2 Å². The van der Waals surface area contributed by atoms with E-state index in [0.29, 0.717) is 36.6 Å². The lowest BCUT2D eigenvalue weighted by Crippen LogP contribution is -2.36. The highest BCUT2D eigenvalue weighted by Crippen LogP contribution is 2.42. The summed E-state index contributed by atoms with van der Waals surface area (Å²) in [7, 11) is -2.39. The van der Waals surface area contributed by atoms with Crippen LogP contribution in [0, 0.1) is 5.92 Å². The van der Waals surface area contributed by atoms with Crippen molar-refractivity contribution in [2.45, 2.75) is 50.6 Å². The van der Waals surface area contributed by atoms with Crippen LogP contribution in [0.1, 0.15) is 60.6 Å². The van der Waals surface area contributed by atoms with E-state index in [4.69, 9.17) is 4.74 Å². The lowest BCUT2D eigenvalue weighted by atomic mass is 9.89. The molecule has 2 aliphatic carbocycles. The van der Waals surface area contributed by atoms with Crippen LogP contribution < -0.4 is 9.46 Å². The van der Waals surface area contributed by atoms with E-state index in [2.05, 4.69) is 10.2 Å². The predicted octanol–water partition coefficient (Wildman–Crippen LogP) is 1.95. The third-order valence-corrected chi connectivity index (χ3v) is 6.03. The van der Waals surface area contributed by atoms with Gasteiger partial charge in [0.15, 0.2) is 5.69 Å². The van der Waals surface area contributed by atoms with E-state index >= 15 is 0 Å². The van der Waals surface area contributed by atoms with Crippen LogP contribution in [0.4, 0.5) is 4.39 Å². The van der Waals surface area contributed by atoms with Crippen molar-refractivity contribution in [3.8, 4) is 5.75 Å². The fraction of sp³-hybridized carbons (Fsp3) is 0.688. The second-order valence-corrected chi connectivity index (χ2v) is 8.57. The van der Waals surface area contributed by atoms with Gasteiger partial charge in [0.25, 0.3) is 5.91 Å². The average molecular weight is 371 g/mol. The summed E-state index contributed by atoms with van der Waals surface area (Å²) in [4.78, 5) is 12.2. The third-order valence-electron chi connectivity index (χ3n) is 4.62. The van der Waals surface area contributed by atoms with Gasteiger partial charge in [0.2, 0.25) is 10.0 Å². The quantitative estimate of drug-likeness (QED) is 0.821. The van der Waals surface area contributed by atoms with Crippen LogP contribution in [0.15, 0.2) is 6.07 Å². The molecule has 0 saturated heterocycles. The van der Waals surface area contributed by atoms with Gasteiger partial charge in [-0.1, -0.05) is 6.42 Å². The number of carbonyl (C=O) groups is 1. The van der Waals surface area contributed by atoms with Crippen molar-refractivity contribution < 1.29 is 22.3 Å². The Labute approximate surface area is 146 Å². The molecule has 1 aromatic heterocycles. The zero-order valence-corrected chi connectivity index (χ0v) is 14.9. The fourth-order valence-electron chi connectivity index (χ4n) is 3.22. The minimum Gasteiger partial charge on any atom is -0.495 e. The zero-order chi connectivity index (χ0) is 18.0. The van der Waals surface area contributed by atoms with E-state index in [0.717, 1.165) is 12.8 Å². The molecule has 138 valence electrons. The molecule has 0 bridgehead atoms. The predicted molar refractivity (Wildman–Crippen MR) is 88.7 cm³/mol. The van der Waals surface area contributed by atoms with E-state index in [9.17, 15) is 17.6 Å². The largest absolute Gasteiger partial charge is 0.495 e. The van der Waals surface area contributed by atoms with E-state index in [1.165, 1.54) is 13.2 Å². The number of hydrogen-bond acceptors (Lipinski definition) is 6. The Bertz CT molecular complexity index is 752. The normalized spacial score (nSPS) is 23.9. The van der Waals surface area contributed by atoms with Crippen LogP contribution in [0.3, 0.4) is 0 Å². The molecule has 0 aromatic carbocycles. The molecule has 9 heteroatoms. The molecular formula is C16H22FN3O4S. The maximum atomic E-state index is 13.4. The highest BCUT2D eigenvalue weighted by Gasteiger charge is 2.31. The van der Waals surface area contributed by atoms with Crippen molar-refractivity contribution in [3.05, 3.63) is 17.5 Å². The number of carbonyl (C=O) groups excluding carboxylic acids is 1. The summed E-state index contributed by atoms with van der Waals surface area (Å²) in [5.74, 6) is -0.646. The van der Waals surface area contributed by atoms with E-state index in [1.54, 1.807) is 0 Å². The highest BCUT2D eigenvalue weighted by molar-refractivity contribution is 7.90. The van der Waals surface area contributed by atoms with Crippen molar-refractivity contribution in [1.29, 1.82) is 0 Å². The van der Waals surface area contributed by atoms with Gasteiger partial charge in [0.1, 0.15) is 17.6 Å². The number of nitrogens with zero attached hydrogens (tertiary/aromatic N) is 2. The summed E-state index contributed by atoms with van der Waals surface area (Å²) in [5.41, 5.74) is 0.579. The van der Waals surface area contributed by atoms with Crippen LogP contribution in [0.5, 0.6) is 5.75 Å². The van der Waals surface area contributed by atoms with Gasteiger partial charge in [-0.15, -0.1) is 5.10 Å². The number of rotatable bonds is 6. The average Bonchev–Trinajstić information content (AvgIpc) is 3.38. The lowest BCUT2D eigenvalue weighted by molar-refractivity contribution is 0.0974. The molecule has 0 aliphatic heterocycles. The van der Waals surface area contributed by atoms with Gasteiger partial charge in [0.05, 0.1) is 12.9 Å². The maximum absolute atomic E-state index is 13.4. The van der Waals surface area contributed by atoms with Crippen molar-refractivity contribution in [3.63, 3.8) is 0 Å². The molecule has 2 atom stereocenters. The van der Waals surface area contributed by atoms with Crippen molar-refractivity contribution in [2.75, 3.05) is 12.9 Å². The number of alkyl halides is 1. The summed E-state index contributed by atoms with van der Waals surface area (Å²) in [6.45, 7) is 0. The van der Waals surface area contributed by atoms with Crippen LogP contribution >= 0.6 is 0 Å². The standard InChI is InChI=1S/C16H22FN3O4S/c1-24-14-8-13(18-19-15(14)11-5-6-11)16(21)20-25(22,23)9-10-3-2-4-12(17)7-10/h8,10-12H,2-7,9H2,1H3,(H,20,21). The molecule has 3 rings (SSSR count). The van der Waals surface area contributed by atoms with Gasteiger partial charge in [-0.25, -0.2) is 17.5 Å². The Morgan fingerprint density at radius 1 is 1.32 bits per heavy atom. The molecule has 0 spiro atoms. The molecule has 1 heterocycles. The van der Waals surface area contributed by atoms with E-state index in [-0.39, 0.29) is 23.8 Å². The highest BCUT2D eigenvalue weighted by atomic mass is 32.2. The molecule has 2 unspecified atom stereocenters. The minimum atomic E-state index is -3.86. The summed E-state index contributed by atoms with van der Waals surface area (Å²) in [5, 5.41) is 7.83. The number of methoxy groups -OCH3 is 1. The number of amides is 1. The van der Waals surface area contributed by atoms with Crippen molar-refractivity contribution >= 4 is 15.9 Å². The van der Waals surface area contributed by atoms with Gasteiger partial charge in [-0.3, -0.25) is 4.79 Å². The van der Waals surface area contributed by atoms with E-state index < -0.39 is 22.1 Å². The fourth-order valence-corrected chi connectivity index (χ4v) is 4.61. The first kappa shape index (κ1) is 18.0. The molecule has 1 N–H and O–H groups in total. The second kappa shape index (κ2) is 7.23. The molecule has 1 amide bonds. The van der Waals surface area contributed by atoms with Crippen LogP contribution in [-0.2, 0) is 10.0 Å². The molecule has 7 nitrogen and oxygen atoms in total. The number of sulfonamides is 1. The molecule has 25 heavy (non-hydrogen) atoms.